The fourth-order valence-electron chi connectivity index (χ4n) is 3.51. The van der Waals surface area contributed by atoms with Crippen LogP contribution in [0.3, 0.4) is 0 Å². The molecule has 3 aromatic heterocycles. The zero-order chi connectivity index (χ0) is 18.1. The molecular weight excluding hydrogens is 350 g/mol. The van der Waals surface area contributed by atoms with Crippen molar-refractivity contribution in [2.75, 3.05) is 0 Å². The molecule has 1 N–H and O–H groups in total. The lowest BCUT2D eigenvalue weighted by atomic mass is 9.86. The maximum absolute atomic E-state index is 12.7. The van der Waals surface area contributed by atoms with Crippen molar-refractivity contribution < 1.29 is 4.79 Å². The Balaban J connectivity index is 1.54. The Labute approximate surface area is 154 Å². The minimum atomic E-state index is -0.311. The highest BCUT2D eigenvalue weighted by molar-refractivity contribution is 7.13. The number of fused-ring (bicyclic) bond motifs is 1. The Bertz CT molecular complexity index is 975. The Hall–Kier alpha value is -2.48. The number of thiophene rings is 1. The monoisotopic (exact) mass is 371 g/mol. The van der Waals surface area contributed by atoms with E-state index >= 15 is 0 Å². The molecule has 0 aromatic carbocycles. The fourth-order valence-corrected chi connectivity index (χ4v) is 4.20. The SMILES string of the molecule is C[C@H]1CCCC[C@@H]1NC(=O)Cn1ncn2nc(-c3cccs3)cc2c1=O. The van der Waals surface area contributed by atoms with E-state index in [1.807, 2.05) is 17.5 Å². The first-order valence-corrected chi connectivity index (χ1v) is 9.78. The highest BCUT2D eigenvalue weighted by atomic mass is 32.1. The molecule has 1 amide bonds. The van der Waals surface area contributed by atoms with E-state index in [2.05, 4.69) is 22.4 Å². The van der Waals surface area contributed by atoms with E-state index in [-0.39, 0.29) is 24.1 Å². The number of nitrogens with zero attached hydrogens (tertiary/aromatic N) is 4. The third-order valence-electron chi connectivity index (χ3n) is 5.01. The molecule has 26 heavy (non-hydrogen) atoms. The van der Waals surface area contributed by atoms with Crippen molar-refractivity contribution >= 4 is 22.8 Å². The number of hydrogen-bond donors (Lipinski definition) is 1. The van der Waals surface area contributed by atoms with E-state index in [1.165, 1.54) is 21.9 Å². The van der Waals surface area contributed by atoms with Crippen LogP contribution in [0.5, 0.6) is 0 Å². The van der Waals surface area contributed by atoms with Gasteiger partial charge in [0.15, 0.2) is 0 Å². The van der Waals surface area contributed by atoms with Crippen molar-refractivity contribution in [3.63, 3.8) is 0 Å². The Morgan fingerprint density at radius 3 is 3.00 bits per heavy atom. The van der Waals surface area contributed by atoms with Gasteiger partial charge in [0.05, 0.1) is 4.88 Å². The minimum Gasteiger partial charge on any atom is -0.351 e. The second-order valence-corrected chi connectivity index (χ2v) is 7.81. The van der Waals surface area contributed by atoms with Gasteiger partial charge in [0.1, 0.15) is 24.1 Å². The van der Waals surface area contributed by atoms with Crippen LogP contribution >= 0.6 is 11.3 Å². The summed E-state index contributed by atoms with van der Waals surface area (Å²) in [7, 11) is 0. The third-order valence-corrected chi connectivity index (χ3v) is 5.91. The zero-order valence-corrected chi connectivity index (χ0v) is 15.4. The van der Waals surface area contributed by atoms with Gasteiger partial charge >= 0.3 is 0 Å². The standard InChI is InChI=1S/C18H21N5O2S/c1-12-5-2-3-6-13(12)20-17(24)10-22-18(25)15-9-14(16-7-4-8-26-16)21-23(15)11-19-22/h4,7-9,11-13H,2-3,5-6,10H2,1H3,(H,20,24)/t12-,13-/m0/s1. The number of rotatable bonds is 4. The van der Waals surface area contributed by atoms with Crippen molar-refractivity contribution in [2.24, 2.45) is 5.92 Å². The molecule has 8 heteroatoms. The second-order valence-electron chi connectivity index (χ2n) is 6.87. The molecule has 0 spiro atoms. The summed E-state index contributed by atoms with van der Waals surface area (Å²) >= 11 is 1.56. The van der Waals surface area contributed by atoms with E-state index < -0.39 is 0 Å². The molecular formula is C18H21N5O2S. The van der Waals surface area contributed by atoms with Gasteiger partial charge in [-0.05, 0) is 36.3 Å². The molecule has 0 saturated heterocycles. The van der Waals surface area contributed by atoms with Gasteiger partial charge in [-0.25, -0.2) is 9.20 Å². The summed E-state index contributed by atoms with van der Waals surface area (Å²) in [4.78, 5) is 26.0. The highest BCUT2D eigenvalue weighted by Crippen LogP contribution is 2.24. The van der Waals surface area contributed by atoms with Gasteiger partial charge < -0.3 is 5.32 Å². The van der Waals surface area contributed by atoms with Crippen molar-refractivity contribution in [1.29, 1.82) is 0 Å². The summed E-state index contributed by atoms with van der Waals surface area (Å²) < 4.78 is 2.67. The van der Waals surface area contributed by atoms with E-state index in [1.54, 1.807) is 17.4 Å². The van der Waals surface area contributed by atoms with Crippen molar-refractivity contribution in [3.05, 3.63) is 40.3 Å². The zero-order valence-electron chi connectivity index (χ0n) is 14.6. The predicted octanol–water partition coefficient (Wildman–Crippen LogP) is 2.31. The number of hydrogen-bond acceptors (Lipinski definition) is 5. The summed E-state index contributed by atoms with van der Waals surface area (Å²) in [5.41, 5.74) is 0.842. The molecule has 1 aliphatic rings. The molecule has 0 unspecified atom stereocenters. The van der Waals surface area contributed by atoms with Gasteiger partial charge in [-0.15, -0.1) is 11.3 Å². The lowest BCUT2D eigenvalue weighted by Crippen LogP contribution is -2.44. The van der Waals surface area contributed by atoms with Crippen LogP contribution in [0, 0.1) is 5.92 Å². The third kappa shape index (κ3) is 3.29. The number of carbonyl (C=O) groups is 1. The summed E-state index contributed by atoms with van der Waals surface area (Å²) in [6.45, 7) is 2.09. The van der Waals surface area contributed by atoms with Crippen LogP contribution in [-0.2, 0) is 11.3 Å². The van der Waals surface area contributed by atoms with Crippen molar-refractivity contribution in [3.8, 4) is 10.6 Å². The maximum atomic E-state index is 12.7. The molecule has 7 nitrogen and oxygen atoms in total. The highest BCUT2D eigenvalue weighted by Gasteiger charge is 2.23. The van der Waals surface area contributed by atoms with Crippen LogP contribution in [0.4, 0.5) is 0 Å². The van der Waals surface area contributed by atoms with Gasteiger partial charge in [0, 0.05) is 6.04 Å². The van der Waals surface area contributed by atoms with Gasteiger partial charge in [-0.2, -0.15) is 10.2 Å². The molecule has 3 aromatic rings. The molecule has 1 saturated carbocycles. The fraction of sp³-hybridized carbons (Fsp3) is 0.444. The van der Waals surface area contributed by atoms with E-state index in [0.717, 1.165) is 29.8 Å². The summed E-state index contributed by atoms with van der Waals surface area (Å²) in [5.74, 6) is 0.309. The number of nitrogens with one attached hydrogen (secondary N) is 1. The molecule has 136 valence electrons. The Morgan fingerprint density at radius 2 is 2.23 bits per heavy atom. The lowest BCUT2D eigenvalue weighted by Gasteiger charge is -2.29. The molecule has 1 aliphatic carbocycles. The molecule has 2 atom stereocenters. The van der Waals surface area contributed by atoms with E-state index in [0.29, 0.717) is 11.4 Å². The van der Waals surface area contributed by atoms with Crippen molar-refractivity contribution in [2.45, 2.75) is 45.2 Å². The Kier molecular flexibility index (Phi) is 4.58. The van der Waals surface area contributed by atoms with Crippen LogP contribution in [0.2, 0.25) is 0 Å². The average Bonchev–Trinajstić information content (AvgIpc) is 3.29. The maximum Gasteiger partial charge on any atom is 0.293 e. The minimum absolute atomic E-state index is 0.0714. The molecule has 0 bridgehead atoms. The molecule has 1 fully saturated rings. The number of aromatic nitrogens is 4. The molecule has 4 rings (SSSR count). The first-order chi connectivity index (χ1) is 12.6. The lowest BCUT2D eigenvalue weighted by molar-refractivity contribution is -0.123. The molecule has 0 radical (unpaired) electrons. The summed E-state index contributed by atoms with van der Waals surface area (Å²) in [5, 5.41) is 13.5. The van der Waals surface area contributed by atoms with E-state index in [4.69, 9.17) is 0 Å². The van der Waals surface area contributed by atoms with Gasteiger partial charge in [0.25, 0.3) is 5.56 Å². The number of amides is 1. The smallest absolute Gasteiger partial charge is 0.293 e. The largest absolute Gasteiger partial charge is 0.351 e. The Morgan fingerprint density at radius 1 is 1.38 bits per heavy atom. The van der Waals surface area contributed by atoms with Crippen LogP contribution < -0.4 is 10.9 Å². The van der Waals surface area contributed by atoms with E-state index in [9.17, 15) is 9.59 Å². The average molecular weight is 371 g/mol. The van der Waals surface area contributed by atoms with Crippen LogP contribution in [0.15, 0.2) is 34.7 Å². The van der Waals surface area contributed by atoms with Gasteiger partial charge in [-0.1, -0.05) is 25.8 Å². The predicted molar refractivity (Wildman–Crippen MR) is 100 cm³/mol. The number of carbonyl (C=O) groups excluding carboxylic acids is 1. The normalized spacial score (nSPS) is 20.3. The first-order valence-electron chi connectivity index (χ1n) is 8.90. The van der Waals surface area contributed by atoms with Crippen molar-refractivity contribution in [1.82, 2.24) is 24.7 Å². The first kappa shape index (κ1) is 17.0. The summed E-state index contributed by atoms with van der Waals surface area (Å²) in [6.07, 6.45) is 5.97. The van der Waals surface area contributed by atoms with Crippen LogP contribution in [-0.4, -0.2) is 31.3 Å². The summed E-state index contributed by atoms with van der Waals surface area (Å²) in [6, 6.07) is 5.83. The van der Waals surface area contributed by atoms with Crippen LogP contribution in [0.25, 0.3) is 16.1 Å². The molecule has 0 aliphatic heterocycles. The topological polar surface area (TPSA) is 81.3 Å². The second kappa shape index (κ2) is 7.03. The quantitative estimate of drug-likeness (QED) is 0.763. The van der Waals surface area contributed by atoms with Gasteiger partial charge in [-0.3, -0.25) is 9.59 Å². The van der Waals surface area contributed by atoms with Crippen LogP contribution in [0.1, 0.15) is 32.6 Å². The van der Waals surface area contributed by atoms with Gasteiger partial charge in [0.2, 0.25) is 5.91 Å². The molecule has 3 heterocycles.